The van der Waals surface area contributed by atoms with Crippen LogP contribution in [0.4, 0.5) is 4.79 Å². The Balaban J connectivity index is 2.30. The minimum Gasteiger partial charge on any atom is -0.444 e. The van der Waals surface area contributed by atoms with Crippen LogP contribution in [0.1, 0.15) is 104 Å². The number of carbonyl (C=O) groups is 2. The fourth-order valence-electron chi connectivity index (χ4n) is 3.65. The van der Waals surface area contributed by atoms with Crippen molar-refractivity contribution in [1.82, 2.24) is 5.32 Å². The Morgan fingerprint density at radius 2 is 1.58 bits per heavy atom. The van der Waals surface area contributed by atoms with Crippen molar-refractivity contribution < 1.29 is 19.1 Å². The van der Waals surface area contributed by atoms with Gasteiger partial charge in [0.15, 0.2) is 0 Å². The minimum atomic E-state index is -0.575. The van der Waals surface area contributed by atoms with Crippen molar-refractivity contribution >= 4 is 11.9 Å². The third-order valence-corrected chi connectivity index (χ3v) is 5.61. The smallest absolute Gasteiger partial charge is 0.407 e. The van der Waals surface area contributed by atoms with E-state index in [2.05, 4.69) is 36.5 Å². The molecule has 0 saturated heterocycles. The predicted octanol–water partition coefficient (Wildman–Crippen LogP) is 8.09. The van der Waals surface area contributed by atoms with Crippen molar-refractivity contribution in [3.63, 3.8) is 0 Å². The summed E-state index contributed by atoms with van der Waals surface area (Å²) in [7, 11) is 0. The number of amides is 1. The molecule has 0 radical (unpaired) electrons. The van der Waals surface area contributed by atoms with Gasteiger partial charge < -0.3 is 14.8 Å². The highest BCUT2D eigenvalue weighted by atomic mass is 16.6. The lowest BCUT2D eigenvalue weighted by molar-refractivity contribution is -0.119. The molecule has 0 unspecified atom stereocenters. The van der Waals surface area contributed by atoms with Gasteiger partial charge in [0.1, 0.15) is 11.4 Å². The zero-order chi connectivity index (χ0) is 26.5. The molecule has 1 rings (SSSR count). The molecule has 202 valence electrons. The zero-order valence-corrected chi connectivity index (χ0v) is 23.1. The molecule has 0 aliphatic carbocycles. The van der Waals surface area contributed by atoms with E-state index in [1.165, 1.54) is 25.7 Å². The van der Waals surface area contributed by atoms with Gasteiger partial charge in [0.25, 0.3) is 0 Å². The molecule has 1 atom stereocenters. The van der Waals surface area contributed by atoms with Crippen LogP contribution in [0.25, 0.3) is 0 Å². The van der Waals surface area contributed by atoms with Gasteiger partial charge in [0, 0.05) is 12.8 Å². The highest BCUT2D eigenvalue weighted by Crippen LogP contribution is 2.11. The first-order chi connectivity index (χ1) is 17.3. The average molecular weight is 500 g/mol. The van der Waals surface area contributed by atoms with Crippen LogP contribution in [0.5, 0.6) is 0 Å². The molecule has 1 amide bonds. The number of hydrogen-bond donors (Lipinski definition) is 1. The Morgan fingerprint density at radius 1 is 0.917 bits per heavy atom. The summed E-state index contributed by atoms with van der Waals surface area (Å²) in [6.45, 7) is 8.52. The van der Waals surface area contributed by atoms with E-state index in [-0.39, 0.29) is 11.8 Å². The number of allylic oxidation sites excluding steroid dienone is 4. The molecule has 0 aliphatic heterocycles. The van der Waals surface area contributed by atoms with Crippen molar-refractivity contribution in [1.29, 1.82) is 0 Å². The molecule has 0 heterocycles. The molecule has 36 heavy (non-hydrogen) atoms. The lowest BCUT2D eigenvalue weighted by atomic mass is 10.0. The number of alkyl carbamates (subject to hydrolysis) is 1. The van der Waals surface area contributed by atoms with Gasteiger partial charge in [-0.1, -0.05) is 80.8 Å². The van der Waals surface area contributed by atoms with Crippen LogP contribution in [0, 0.1) is 0 Å². The summed E-state index contributed by atoms with van der Waals surface area (Å²) in [4.78, 5) is 24.7. The normalized spacial score (nSPS) is 12.8. The summed E-state index contributed by atoms with van der Waals surface area (Å²) in [5.74, 6) is 0.227. The summed E-state index contributed by atoms with van der Waals surface area (Å²) in [6, 6.07) is 9.63. The molecule has 1 N–H and O–H groups in total. The van der Waals surface area contributed by atoms with Crippen molar-refractivity contribution in [2.24, 2.45) is 0 Å². The SMILES string of the molecule is CCCCCC/C=C/C=C/CCCCC(=O)CC[C@@H](COCc1ccccc1)NC(=O)OC(C)(C)C. The van der Waals surface area contributed by atoms with E-state index in [4.69, 9.17) is 9.47 Å². The second-order valence-electron chi connectivity index (χ2n) is 10.4. The number of ketones is 1. The summed E-state index contributed by atoms with van der Waals surface area (Å²) in [5.41, 5.74) is 0.495. The third-order valence-electron chi connectivity index (χ3n) is 5.61. The lowest BCUT2D eigenvalue weighted by Gasteiger charge is -2.23. The van der Waals surface area contributed by atoms with Crippen molar-refractivity contribution in [3.8, 4) is 0 Å². The second kappa shape index (κ2) is 19.7. The van der Waals surface area contributed by atoms with Crippen LogP contribution in [0.2, 0.25) is 0 Å². The van der Waals surface area contributed by atoms with E-state index < -0.39 is 11.7 Å². The fraction of sp³-hybridized carbons (Fsp3) is 0.613. The highest BCUT2D eigenvalue weighted by Gasteiger charge is 2.20. The Morgan fingerprint density at radius 3 is 2.22 bits per heavy atom. The quantitative estimate of drug-likeness (QED) is 0.154. The number of Topliss-reactive ketones (excluding diaryl/α,β-unsaturated/α-hetero) is 1. The van der Waals surface area contributed by atoms with Gasteiger partial charge in [-0.25, -0.2) is 4.79 Å². The molecule has 0 spiro atoms. The molecule has 1 aromatic rings. The summed E-state index contributed by atoms with van der Waals surface area (Å²) < 4.78 is 11.2. The summed E-state index contributed by atoms with van der Waals surface area (Å²) in [5, 5.41) is 2.88. The highest BCUT2D eigenvalue weighted by molar-refractivity contribution is 5.78. The molecule has 0 saturated carbocycles. The molecule has 5 heteroatoms. The van der Waals surface area contributed by atoms with E-state index in [1.807, 2.05) is 51.1 Å². The maximum Gasteiger partial charge on any atom is 0.407 e. The van der Waals surface area contributed by atoms with Gasteiger partial charge in [-0.3, -0.25) is 4.79 Å². The first kappa shape index (κ1) is 31.6. The van der Waals surface area contributed by atoms with Crippen LogP contribution >= 0.6 is 0 Å². The number of carbonyl (C=O) groups excluding carboxylic acids is 2. The molecule has 0 fully saturated rings. The maximum atomic E-state index is 12.4. The first-order valence-corrected chi connectivity index (χ1v) is 13.7. The zero-order valence-electron chi connectivity index (χ0n) is 23.1. The first-order valence-electron chi connectivity index (χ1n) is 13.7. The molecule has 1 aromatic carbocycles. The van der Waals surface area contributed by atoms with Gasteiger partial charge in [0.05, 0.1) is 19.3 Å². The largest absolute Gasteiger partial charge is 0.444 e. The number of hydrogen-bond acceptors (Lipinski definition) is 4. The molecule has 0 aromatic heterocycles. The van der Waals surface area contributed by atoms with E-state index in [0.717, 1.165) is 31.2 Å². The monoisotopic (exact) mass is 499 g/mol. The number of rotatable bonds is 19. The van der Waals surface area contributed by atoms with Crippen LogP contribution in [0.3, 0.4) is 0 Å². The predicted molar refractivity (Wildman–Crippen MR) is 149 cm³/mol. The molecular weight excluding hydrogens is 450 g/mol. The van der Waals surface area contributed by atoms with Crippen LogP contribution < -0.4 is 5.32 Å². The number of unbranched alkanes of at least 4 members (excludes halogenated alkanes) is 6. The Labute approximate surface area is 219 Å². The van der Waals surface area contributed by atoms with Crippen molar-refractivity contribution in [2.75, 3.05) is 6.61 Å². The average Bonchev–Trinajstić information content (AvgIpc) is 2.82. The minimum absolute atomic E-state index is 0.227. The second-order valence-corrected chi connectivity index (χ2v) is 10.4. The van der Waals surface area contributed by atoms with Crippen LogP contribution in [-0.2, 0) is 20.9 Å². The third kappa shape index (κ3) is 18.9. The maximum absolute atomic E-state index is 12.4. The van der Waals surface area contributed by atoms with E-state index in [9.17, 15) is 9.59 Å². The standard InChI is InChI=1S/C31H49NO4/c1-5-6-7-8-9-10-11-12-13-14-15-19-22-29(33)24-23-28(32-30(34)36-31(2,3)4)26-35-25-27-20-17-16-18-21-27/h10-13,16-18,20-21,28H,5-9,14-15,19,22-26H2,1-4H3,(H,32,34)/b11-10+,13-12+/t28-/m0/s1. The van der Waals surface area contributed by atoms with Gasteiger partial charge >= 0.3 is 6.09 Å². The van der Waals surface area contributed by atoms with Gasteiger partial charge in [0.2, 0.25) is 0 Å². The number of nitrogens with one attached hydrogen (secondary N) is 1. The van der Waals surface area contributed by atoms with Gasteiger partial charge in [-0.05, 0) is 64.9 Å². The molecular formula is C31H49NO4. The van der Waals surface area contributed by atoms with Gasteiger partial charge in [-0.15, -0.1) is 0 Å². The Bertz CT molecular complexity index is 765. The van der Waals surface area contributed by atoms with E-state index >= 15 is 0 Å². The van der Waals surface area contributed by atoms with E-state index in [1.54, 1.807) is 0 Å². The van der Waals surface area contributed by atoms with Gasteiger partial charge in [-0.2, -0.15) is 0 Å². The molecule has 0 aliphatic rings. The van der Waals surface area contributed by atoms with Crippen LogP contribution in [-0.4, -0.2) is 30.1 Å². The number of ether oxygens (including phenoxy) is 2. The Hall–Kier alpha value is -2.40. The molecule has 0 bridgehead atoms. The Kier molecular flexibility index (Phi) is 17.4. The summed E-state index contributed by atoms with van der Waals surface area (Å²) in [6.07, 6.45) is 18.9. The fourth-order valence-corrected chi connectivity index (χ4v) is 3.65. The summed E-state index contributed by atoms with van der Waals surface area (Å²) >= 11 is 0. The van der Waals surface area contributed by atoms with Crippen molar-refractivity contribution in [3.05, 3.63) is 60.2 Å². The van der Waals surface area contributed by atoms with E-state index in [0.29, 0.717) is 32.5 Å². The van der Waals surface area contributed by atoms with Crippen LogP contribution in [0.15, 0.2) is 54.6 Å². The lowest BCUT2D eigenvalue weighted by Crippen LogP contribution is -2.41. The topological polar surface area (TPSA) is 64.6 Å². The number of benzene rings is 1. The van der Waals surface area contributed by atoms with Crippen molar-refractivity contribution in [2.45, 2.75) is 117 Å². The molecule has 5 nitrogen and oxygen atoms in total.